The van der Waals surface area contributed by atoms with Gasteiger partial charge in [0.15, 0.2) is 0 Å². The minimum absolute atomic E-state index is 0.0808. The van der Waals surface area contributed by atoms with E-state index in [0.717, 1.165) is 16.0 Å². The summed E-state index contributed by atoms with van der Waals surface area (Å²) >= 11 is 7.54. The molecule has 172 valence electrons. The number of nitrogens with zero attached hydrogens (tertiary/aromatic N) is 1. The first-order valence-corrected chi connectivity index (χ1v) is 12.4. The van der Waals surface area contributed by atoms with Gasteiger partial charge in [-0.15, -0.1) is 11.8 Å². The van der Waals surface area contributed by atoms with Gasteiger partial charge < -0.3 is 10.2 Å². The van der Waals surface area contributed by atoms with Crippen molar-refractivity contribution >= 4 is 35.2 Å². The monoisotopic (exact) mass is 480 g/mol. The third-order valence-corrected chi connectivity index (χ3v) is 6.52. The quantitative estimate of drug-likeness (QED) is 0.389. The molecule has 0 saturated heterocycles. The fourth-order valence-electron chi connectivity index (χ4n) is 3.49. The Hall–Kier alpha value is -2.76. The van der Waals surface area contributed by atoms with Gasteiger partial charge in [0.05, 0.1) is 5.75 Å². The highest BCUT2D eigenvalue weighted by Crippen LogP contribution is 2.22. The van der Waals surface area contributed by atoms with Gasteiger partial charge in [-0.2, -0.15) is 0 Å². The van der Waals surface area contributed by atoms with Gasteiger partial charge in [0, 0.05) is 29.4 Å². The molecule has 4 nitrogen and oxygen atoms in total. The number of nitrogens with one attached hydrogen (secondary N) is 1. The maximum absolute atomic E-state index is 13.5. The lowest BCUT2D eigenvalue weighted by atomic mass is 10.0. The number of halogens is 1. The Balaban J connectivity index is 1.87. The lowest BCUT2D eigenvalue weighted by molar-refractivity contribution is -0.139. The minimum Gasteiger partial charge on any atom is -0.355 e. The van der Waals surface area contributed by atoms with Crippen LogP contribution in [0.5, 0.6) is 0 Å². The van der Waals surface area contributed by atoms with E-state index in [0.29, 0.717) is 24.5 Å². The average molecular weight is 481 g/mol. The molecule has 0 bridgehead atoms. The van der Waals surface area contributed by atoms with Crippen LogP contribution in [0.4, 0.5) is 0 Å². The topological polar surface area (TPSA) is 49.4 Å². The molecule has 0 aliphatic heterocycles. The number of benzene rings is 3. The van der Waals surface area contributed by atoms with E-state index < -0.39 is 6.04 Å². The van der Waals surface area contributed by atoms with Gasteiger partial charge in [0.1, 0.15) is 6.04 Å². The average Bonchev–Trinajstić information content (AvgIpc) is 2.82. The fraction of sp³-hybridized carbons (Fsp3) is 0.259. The molecule has 1 N–H and O–H groups in total. The Morgan fingerprint density at radius 2 is 1.61 bits per heavy atom. The second-order valence-electron chi connectivity index (χ2n) is 7.85. The highest BCUT2D eigenvalue weighted by molar-refractivity contribution is 8.00. The number of carbonyl (C=O) groups excluding carboxylic acids is 2. The van der Waals surface area contributed by atoms with Crippen LogP contribution >= 0.6 is 23.4 Å². The summed E-state index contributed by atoms with van der Waals surface area (Å²) < 4.78 is 0. The van der Waals surface area contributed by atoms with E-state index in [4.69, 9.17) is 11.6 Å². The third-order valence-electron chi connectivity index (χ3n) is 5.27. The molecule has 0 unspecified atom stereocenters. The number of rotatable bonds is 10. The van der Waals surface area contributed by atoms with E-state index in [1.165, 1.54) is 17.3 Å². The standard InChI is InChI=1S/C27H29ClN2O2S/c1-3-29-27(32)25(17-21-7-5-4-6-8-21)30(18-22-11-13-23(28)14-12-22)26(31)19-33-24-15-9-20(2)10-16-24/h4-16,25H,3,17-19H2,1-2H3,(H,29,32)/t25-/m1/s1. The van der Waals surface area contributed by atoms with Gasteiger partial charge in [-0.3, -0.25) is 9.59 Å². The summed E-state index contributed by atoms with van der Waals surface area (Å²) in [4.78, 5) is 29.3. The predicted molar refractivity (Wildman–Crippen MR) is 137 cm³/mol. The van der Waals surface area contributed by atoms with Crippen molar-refractivity contribution in [2.24, 2.45) is 0 Å². The van der Waals surface area contributed by atoms with E-state index in [9.17, 15) is 9.59 Å². The molecule has 0 spiro atoms. The molecular formula is C27H29ClN2O2S. The zero-order valence-electron chi connectivity index (χ0n) is 19.0. The number of thioether (sulfide) groups is 1. The van der Waals surface area contributed by atoms with Crippen molar-refractivity contribution < 1.29 is 9.59 Å². The first-order chi connectivity index (χ1) is 16.0. The molecule has 0 aliphatic carbocycles. The number of aryl methyl sites for hydroxylation is 1. The minimum atomic E-state index is -0.617. The van der Waals surface area contributed by atoms with Crippen LogP contribution in [-0.2, 0) is 22.6 Å². The molecule has 0 saturated carbocycles. The summed E-state index contributed by atoms with van der Waals surface area (Å²) in [6.45, 7) is 4.76. The first-order valence-electron chi connectivity index (χ1n) is 11.0. The van der Waals surface area contributed by atoms with Crippen LogP contribution in [0.1, 0.15) is 23.6 Å². The van der Waals surface area contributed by atoms with Crippen LogP contribution in [0, 0.1) is 6.92 Å². The van der Waals surface area contributed by atoms with E-state index >= 15 is 0 Å². The highest BCUT2D eigenvalue weighted by atomic mass is 35.5. The van der Waals surface area contributed by atoms with Crippen LogP contribution in [-0.4, -0.2) is 35.1 Å². The zero-order valence-corrected chi connectivity index (χ0v) is 20.5. The van der Waals surface area contributed by atoms with Gasteiger partial charge in [0.2, 0.25) is 11.8 Å². The van der Waals surface area contributed by atoms with Crippen molar-refractivity contribution in [3.63, 3.8) is 0 Å². The summed E-state index contributed by atoms with van der Waals surface area (Å²) in [7, 11) is 0. The fourth-order valence-corrected chi connectivity index (χ4v) is 4.41. The number of carbonyl (C=O) groups is 2. The van der Waals surface area contributed by atoms with Crippen molar-refractivity contribution in [3.05, 3.63) is 101 Å². The predicted octanol–water partition coefficient (Wildman–Crippen LogP) is 5.52. The maximum Gasteiger partial charge on any atom is 0.243 e. The molecule has 0 fully saturated rings. The van der Waals surface area contributed by atoms with Gasteiger partial charge in [0.25, 0.3) is 0 Å². The molecule has 0 heterocycles. The van der Waals surface area contributed by atoms with Gasteiger partial charge in [-0.05, 0) is 49.2 Å². The summed E-state index contributed by atoms with van der Waals surface area (Å²) in [5, 5.41) is 3.55. The van der Waals surface area contributed by atoms with Crippen molar-refractivity contribution in [1.29, 1.82) is 0 Å². The summed E-state index contributed by atoms with van der Waals surface area (Å²) in [5.74, 6) is 0.0214. The van der Waals surface area contributed by atoms with E-state index in [1.807, 2.05) is 80.6 Å². The Morgan fingerprint density at radius 3 is 2.24 bits per heavy atom. The maximum atomic E-state index is 13.5. The van der Waals surface area contributed by atoms with E-state index in [-0.39, 0.29) is 17.6 Å². The lowest BCUT2D eigenvalue weighted by Gasteiger charge is -2.31. The van der Waals surface area contributed by atoms with Crippen LogP contribution in [0.15, 0.2) is 83.8 Å². The molecule has 1 atom stereocenters. The van der Waals surface area contributed by atoms with Gasteiger partial charge in [-0.25, -0.2) is 0 Å². The Bertz CT molecular complexity index is 1040. The van der Waals surface area contributed by atoms with Gasteiger partial charge >= 0.3 is 0 Å². The van der Waals surface area contributed by atoms with Crippen LogP contribution in [0.2, 0.25) is 5.02 Å². The molecular weight excluding hydrogens is 452 g/mol. The number of hydrogen-bond acceptors (Lipinski definition) is 3. The van der Waals surface area contributed by atoms with Crippen molar-refractivity contribution in [2.45, 2.75) is 37.8 Å². The van der Waals surface area contributed by atoms with E-state index in [1.54, 1.807) is 17.0 Å². The molecule has 3 aromatic rings. The SMILES string of the molecule is CCNC(=O)[C@@H](Cc1ccccc1)N(Cc1ccc(Cl)cc1)C(=O)CSc1ccc(C)cc1. The Morgan fingerprint density at radius 1 is 0.939 bits per heavy atom. The highest BCUT2D eigenvalue weighted by Gasteiger charge is 2.30. The first kappa shape index (κ1) is 24.9. The third kappa shape index (κ3) is 7.65. The molecule has 33 heavy (non-hydrogen) atoms. The lowest BCUT2D eigenvalue weighted by Crippen LogP contribution is -2.51. The van der Waals surface area contributed by atoms with Crippen molar-refractivity contribution in [2.75, 3.05) is 12.3 Å². The molecule has 2 amide bonds. The molecule has 3 aromatic carbocycles. The van der Waals surface area contributed by atoms with Gasteiger partial charge in [-0.1, -0.05) is 71.8 Å². The number of amides is 2. The normalized spacial score (nSPS) is 11.6. The van der Waals surface area contributed by atoms with Crippen LogP contribution in [0.25, 0.3) is 0 Å². The molecule has 3 rings (SSSR count). The zero-order chi connectivity index (χ0) is 23.6. The summed E-state index contributed by atoms with van der Waals surface area (Å²) in [6.07, 6.45) is 0.446. The Kier molecular flexibility index (Phi) is 9.40. The summed E-state index contributed by atoms with van der Waals surface area (Å²) in [6, 6.07) is 24.7. The van der Waals surface area contributed by atoms with E-state index in [2.05, 4.69) is 5.32 Å². The molecule has 0 radical (unpaired) electrons. The largest absolute Gasteiger partial charge is 0.355 e. The molecule has 6 heteroatoms. The molecule has 0 aromatic heterocycles. The van der Waals surface area contributed by atoms with Crippen molar-refractivity contribution in [3.8, 4) is 0 Å². The van der Waals surface area contributed by atoms with Crippen LogP contribution < -0.4 is 5.32 Å². The number of likely N-dealkylation sites (N-methyl/N-ethyl adjacent to an activating group) is 1. The van der Waals surface area contributed by atoms with Crippen molar-refractivity contribution in [1.82, 2.24) is 10.2 Å². The smallest absolute Gasteiger partial charge is 0.243 e. The second kappa shape index (κ2) is 12.5. The van der Waals surface area contributed by atoms with Crippen LogP contribution in [0.3, 0.4) is 0 Å². The number of hydrogen-bond donors (Lipinski definition) is 1. The molecule has 0 aliphatic rings. The Labute approximate surface area is 205 Å². The summed E-state index contributed by atoms with van der Waals surface area (Å²) in [5.41, 5.74) is 3.11. The second-order valence-corrected chi connectivity index (χ2v) is 9.34.